The minimum atomic E-state index is -1.46. The van der Waals surface area contributed by atoms with E-state index in [1.807, 2.05) is 30.3 Å². The Kier molecular flexibility index (Phi) is 5.18. The highest BCUT2D eigenvalue weighted by molar-refractivity contribution is 7.80. The number of carbonyl (C=O) groups excluding carboxylic acids is 1. The normalized spacial score (nSPS) is 14.0. The van der Waals surface area contributed by atoms with Crippen LogP contribution in [0.5, 0.6) is 0 Å². The third-order valence-electron chi connectivity index (χ3n) is 2.52. The maximum atomic E-state index is 11.8. The molecular formula is C12H15NO3S. The van der Waals surface area contributed by atoms with Gasteiger partial charge in [-0.3, -0.25) is 9.59 Å². The molecule has 0 aliphatic rings. The average Bonchev–Trinajstić information content (AvgIpc) is 2.35. The van der Waals surface area contributed by atoms with E-state index in [0.717, 1.165) is 5.56 Å². The zero-order valence-electron chi connectivity index (χ0n) is 9.24. The SMILES string of the molecule is NC(C(=O)O)C(=O)C(CS)Cc1ccccc1. The van der Waals surface area contributed by atoms with Crippen LogP contribution in [-0.2, 0) is 16.0 Å². The number of nitrogens with two attached hydrogens (primary N) is 1. The van der Waals surface area contributed by atoms with Crippen molar-refractivity contribution in [3.05, 3.63) is 35.9 Å². The van der Waals surface area contributed by atoms with Gasteiger partial charge in [0.15, 0.2) is 11.8 Å². The van der Waals surface area contributed by atoms with Crippen molar-refractivity contribution in [1.82, 2.24) is 0 Å². The highest BCUT2D eigenvalue weighted by atomic mass is 32.1. The molecule has 17 heavy (non-hydrogen) atoms. The fraction of sp³-hybridized carbons (Fsp3) is 0.333. The molecule has 0 aliphatic heterocycles. The van der Waals surface area contributed by atoms with Crippen molar-refractivity contribution in [3.63, 3.8) is 0 Å². The lowest BCUT2D eigenvalue weighted by atomic mass is 9.93. The van der Waals surface area contributed by atoms with Crippen molar-refractivity contribution in [2.75, 3.05) is 5.75 Å². The molecule has 0 fully saturated rings. The Balaban J connectivity index is 2.72. The summed E-state index contributed by atoms with van der Waals surface area (Å²) < 4.78 is 0. The molecule has 0 aromatic heterocycles. The van der Waals surface area contributed by atoms with Crippen molar-refractivity contribution in [1.29, 1.82) is 0 Å². The molecule has 2 unspecified atom stereocenters. The van der Waals surface area contributed by atoms with E-state index in [1.165, 1.54) is 0 Å². The molecule has 5 heteroatoms. The van der Waals surface area contributed by atoms with Gasteiger partial charge in [0.25, 0.3) is 0 Å². The van der Waals surface area contributed by atoms with Gasteiger partial charge in [-0.2, -0.15) is 12.6 Å². The summed E-state index contributed by atoms with van der Waals surface area (Å²) in [6, 6.07) is 7.92. The predicted molar refractivity (Wildman–Crippen MR) is 68.1 cm³/mol. The topological polar surface area (TPSA) is 80.4 Å². The molecule has 0 spiro atoms. The molecule has 0 aliphatic carbocycles. The van der Waals surface area contributed by atoms with Crippen LogP contribution in [0.1, 0.15) is 5.56 Å². The highest BCUT2D eigenvalue weighted by Gasteiger charge is 2.28. The van der Waals surface area contributed by atoms with E-state index in [0.29, 0.717) is 6.42 Å². The molecule has 0 radical (unpaired) electrons. The largest absolute Gasteiger partial charge is 0.480 e. The number of aliphatic carboxylic acids is 1. The molecular weight excluding hydrogens is 238 g/mol. The number of carboxylic acids is 1. The maximum absolute atomic E-state index is 11.8. The Bertz CT molecular complexity index is 394. The van der Waals surface area contributed by atoms with Gasteiger partial charge in [0.2, 0.25) is 0 Å². The van der Waals surface area contributed by atoms with Crippen LogP contribution >= 0.6 is 12.6 Å². The molecule has 0 bridgehead atoms. The molecule has 4 nitrogen and oxygen atoms in total. The van der Waals surface area contributed by atoms with Gasteiger partial charge < -0.3 is 10.8 Å². The van der Waals surface area contributed by atoms with Crippen molar-refractivity contribution < 1.29 is 14.7 Å². The van der Waals surface area contributed by atoms with E-state index in [-0.39, 0.29) is 5.75 Å². The quantitative estimate of drug-likeness (QED) is 0.516. The summed E-state index contributed by atoms with van der Waals surface area (Å²) in [5.41, 5.74) is 6.28. The number of carbonyl (C=O) groups is 2. The zero-order chi connectivity index (χ0) is 12.8. The number of Topliss-reactive ketones (excluding diaryl/α,β-unsaturated/α-hetero) is 1. The maximum Gasteiger partial charge on any atom is 0.328 e. The van der Waals surface area contributed by atoms with Gasteiger partial charge in [0.05, 0.1) is 0 Å². The van der Waals surface area contributed by atoms with E-state index in [1.54, 1.807) is 0 Å². The summed E-state index contributed by atoms with van der Waals surface area (Å²) in [7, 11) is 0. The molecule has 3 N–H and O–H groups in total. The number of ketones is 1. The zero-order valence-corrected chi connectivity index (χ0v) is 10.1. The Morgan fingerprint density at radius 2 is 1.88 bits per heavy atom. The number of hydrogen-bond donors (Lipinski definition) is 3. The fourth-order valence-electron chi connectivity index (χ4n) is 1.53. The molecule has 1 aromatic carbocycles. The third kappa shape index (κ3) is 3.87. The van der Waals surface area contributed by atoms with Gasteiger partial charge in [0.1, 0.15) is 0 Å². The Morgan fingerprint density at radius 3 is 2.35 bits per heavy atom. The average molecular weight is 253 g/mol. The summed E-state index contributed by atoms with van der Waals surface area (Å²) in [5, 5.41) is 8.69. The first-order valence-electron chi connectivity index (χ1n) is 5.23. The summed E-state index contributed by atoms with van der Waals surface area (Å²) in [6.45, 7) is 0. The van der Waals surface area contributed by atoms with Crippen LogP contribution < -0.4 is 5.73 Å². The first-order chi connectivity index (χ1) is 8.06. The number of rotatable bonds is 6. The smallest absolute Gasteiger partial charge is 0.328 e. The standard InChI is InChI=1S/C12H15NO3S/c13-10(12(15)16)11(14)9(7-17)6-8-4-2-1-3-5-8/h1-5,9-10,17H,6-7,13H2,(H,15,16). The summed E-state index contributed by atoms with van der Waals surface area (Å²) in [6.07, 6.45) is 0.462. The number of carboxylic acid groups (broad SMARTS) is 1. The monoisotopic (exact) mass is 253 g/mol. The van der Waals surface area contributed by atoms with Crippen LogP contribution in [0, 0.1) is 5.92 Å². The van der Waals surface area contributed by atoms with Gasteiger partial charge in [-0.1, -0.05) is 30.3 Å². The number of thiol groups is 1. The lowest BCUT2D eigenvalue weighted by Gasteiger charge is -2.15. The van der Waals surface area contributed by atoms with Crippen LogP contribution in [0.15, 0.2) is 30.3 Å². The van der Waals surface area contributed by atoms with E-state index < -0.39 is 23.7 Å². The first-order valence-corrected chi connectivity index (χ1v) is 5.86. The van der Waals surface area contributed by atoms with Crippen molar-refractivity contribution in [2.24, 2.45) is 11.7 Å². The molecule has 0 saturated carbocycles. The second-order valence-electron chi connectivity index (χ2n) is 3.79. The van der Waals surface area contributed by atoms with E-state index >= 15 is 0 Å². The first kappa shape index (κ1) is 13.7. The van der Waals surface area contributed by atoms with Gasteiger partial charge in [-0.05, 0) is 12.0 Å². The van der Waals surface area contributed by atoms with Gasteiger partial charge in [-0.25, -0.2) is 0 Å². The van der Waals surface area contributed by atoms with Crippen LogP contribution in [0.25, 0.3) is 0 Å². The second kappa shape index (κ2) is 6.42. The number of hydrogen-bond acceptors (Lipinski definition) is 4. The van der Waals surface area contributed by atoms with Crippen LogP contribution in [0.4, 0.5) is 0 Å². The van der Waals surface area contributed by atoms with Gasteiger partial charge in [-0.15, -0.1) is 0 Å². The predicted octanol–water partition coefficient (Wildman–Crippen LogP) is 0.756. The fourth-order valence-corrected chi connectivity index (χ4v) is 1.84. The van der Waals surface area contributed by atoms with Crippen molar-refractivity contribution in [3.8, 4) is 0 Å². The summed E-state index contributed by atoms with van der Waals surface area (Å²) in [4.78, 5) is 22.4. The molecule has 0 amide bonds. The number of benzene rings is 1. The van der Waals surface area contributed by atoms with Crippen molar-refractivity contribution in [2.45, 2.75) is 12.5 Å². The second-order valence-corrected chi connectivity index (χ2v) is 4.15. The third-order valence-corrected chi connectivity index (χ3v) is 2.96. The minimum Gasteiger partial charge on any atom is -0.480 e. The molecule has 1 aromatic rings. The summed E-state index contributed by atoms with van der Waals surface area (Å²) >= 11 is 4.08. The molecule has 2 atom stereocenters. The Morgan fingerprint density at radius 1 is 1.29 bits per heavy atom. The molecule has 0 heterocycles. The van der Waals surface area contributed by atoms with Crippen LogP contribution in [-0.4, -0.2) is 28.7 Å². The van der Waals surface area contributed by atoms with Crippen molar-refractivity contribution >= 4 is 24.4 Å². The Hall–Kier alpha value is -1.33. The lowest BCUT2D eigenvalue weighted by Crippen LogP contribution is -2.43. The van der Waals surface area contributed by atoms with Crippen LogP contribution in [0.3, 0.4) is 0 Å². The molecule has 1 rings (SSSR count). The molecule has 0 saturated heterocycles. The van der Waals surface area contributed by atoms with E-state index in [9.17, 15) is 9.59 Å². The van der Waals surface area contributed by atoms with E-state index in [4.69, 9.17) is 10.8 Å². The van der Waals surface area contributed by atoms with Crippen LogP contribution in [0.2, 0.25) is 0 Å². The summed E-state index contributed by atoms with van der Waals surface area (Å²) in [5.74, 6) is -1.95. The van der Waals surface area contributed by atoms with E-state index in [2.05, 4.69) is 12.6 Å². The minimum absolute atomic E-state index is 0.286. The molecule has 92 valence electrons. The lowest BCUT2D eigenvalue weighted by molar-refractivity contribution is -0.143. The highest BCUT2D eigenvalue weighted by Crippen LogP contribution is 2.12. The van der Waals surface area contributed by atoms with Gasteiger partial charge in [0, 0.05) is 11.7 Å². The van der Waals surface area contributed by atoms with Gasteiger partial charge >= 0.3 is 5.97 Å². The Labute approximate surface area is 105 Å².